The molecule has 5 nitrogen and oxygen atoms in total. The lowest BCUT2D eigenvalue weighted by molar-refractivity contribution is -0.131. The summed E-state index contributed by atoms with van der Waals surface area (Å²) in [5, 5.41) is 8.72. The number of nitriles is 1. The Hall–Kier alpha value is -2.49. The first-order valence-corrected chi connectivity index (χ1v) is 8.42. The molecule has 1 aromatic carbocycles. The van der Waals surface area contributed by atoms with Crippen molar-refractivity contribution in [3.05, 3.63) is 35.4 Å². The number of hydrogen-bond donors (Lipinski definition) is 0. The zero-order valence-corrected chi connectivity index (χ0v) is 13.8. The third kappa shape index (κ3) is 3.48. The van der Waals surface area contributed by atoms with E-state index in [2.05, 4.69) is 0 Å². The molecule has 2 saturated heterocycles. The summed E-state index contributed by atoms with van der Waals surface area (Å²) in [5.41, 5.74) is -0.260. The Morgan fingerprint density at radius 2 is 2.04 bits per heavy atom. The molecule has 1 aromatic rings. The minimum absolute atomic E-state index is 0.0102. The number of hydrogen-bond acceptors (Lipinski definition) is 3. The van der Waals surface area contributed by atoms with Crippen LogP contribution in [0.5, 0.6) is 0 Å². The second-order valence-electron chi connectivity index (χ2n) is 6.56. The van der Waals surface area contributed by atoms with Crippen molar-refractivity contribution >= 4 is 11.8 Å². The fourth-order valence-corrected chi connectivity index (χ4v) is 3.88. The van der Waals surface area contributed by atoms with Gasteiger partial charge in [-0.15, -0.1) is 0 Å². The Labute approximate surface area is 144 Å². The van der Waals surface area contributed by atoms with Crippen LogP contribution in [0.15, 0.2) is 18.2 Å². The highest BCUT2D eigenvalue weighted by atomic mass is 19.1. The monoisotopic (exact) mass is 347 g/mol. The van der Waals surface area contributed by atoms with Gasteiger partial charge in [0, 0.05) is 25.7 Å². The lowest BCUT2D eigenvalue weighted by Gasteiger charge is -2.29. The molecule has 2 atom stereocenters. The summed E-state index contributed by atoms with van der Waals surface area (Å²) >= 11 is 0. The molecule has 0 saturated carbocycles. The Bertz CT molecular complexity index is 732. The molecule has 2 heterocycles. The first-order chi connectivity index (χ1) is 12.0. The van der Waals surface area contributed by atoms with E-state index in [-0.39, 0.29) is 29.9 Å². The molecule has 2 unspecified atom stereocenters. The second kappa shape index (κ2) is 7.18. The maximum absolute atomic E-state index is 13.8. The smallest absolute Gasteiger partial charge is 0.256 e. The molecule has 2 fully saturated rings. The van der Waals surface area contributed by atoms with Gasteiger partial charge in [-0.05, 0) is 43.4 Å². The van der Waals surface area contributed by atoms with Crippen molar-refractivity contribution in [3.8, 4) is 6.07 Å². The SMILES string of the molecule is N#CCC(=O)N1CCCC1C1CCN(C(=O)c2cc(F)ccc2F)C1. The molecule has 2 aliphatic heterocycles. The van der Waals surface area contributed by atoms with E-state index in [0.717, 1.165) is 31.0 Å². The van der Waals surface area contributed by atoms with Crippen molar-refractivity contribution in [3.63, 3.8) is 0 Å². The van der Waals surface area contributed by atoms with Gasteiger partial charge in [-0.3, -0.25) is 9.59 Å². The van der Waals surface area contributed by atoms with Crippen LogP contribution in [0, 0.1) is 28.9 Å². The largest absolute Gasteiger partial charge is 0.338 e. The first kappa shape index (κ1) is 17.3. The summed E-state index contributed by atoms with van der Waals surface area (Å²) in [7, 11) is 0. The number of carbonyl (C=O) groups excluding carboxylic acids is 2. The van der Waals surface area contributed by atoms with E-state index < -0.39 is 17.5 Å². The van der Waals surface area contributed by atoms with Gasteiger partial charge < -0.3 is 9.80 Å². The molecule has 0 aromatic heterocycles. The number of benzene rings is 1. The highest BCUT2D eigenvalue weighted by Crippen LogP contribution is 2.31. The molecule has 132 valence electrons. The summed E-state index contributed by atoms with van der Waals surface area (Å²) in [6.45, 7) is 1.50. The van der Waals surface area contributed by atoms with Gasteiger partial charge in [0.15, 0.2) is 0 Å². The van der Waals surface area contributed by atoms with Crippen molar-refractivity contribution in [2.24, 2.45) is 5.92 Å². The molecule has 0 bridgehead atoms. The second-order valence-corrected chi connectivity index (χ2v) is 6.56. The lowest BCUT2D eigenvalue weighted by Crippen LogP contribution is -2.41. The van der Waals surface area contributed by atoms with Crippen molar-refractivity contribution < 1.29 is 18.4 Å². The summed E-state index contributed by atoms with van der Waals surface area (Å²) < 4.78 is 27.1. The normalized spacial score (nSPS) is 22.9. The standard InChI is InChI=1S/C18H19F2N3O2/c19-13-3-4-15(20)14(10-13)18(25)22-9-6-12(11-22)16-2-1-8-23(16)17(24)5-7-21/h3-4,10,12,16H,1-2,5-6,8-9,11H2. The van der Waals surface area contributed by atoms with E-state index in [0.29, 0.717) is 26.1 Å². The third-order valence-electron chi connectivity index (χ3n) is 5.06. The van der Waals surface area contributed by atoms with Crippen molar-refractivity contribution in [2.75, 3.05) is 19.6 Å². The van der Waals surface area contributed by atoms with Crippen molar-refractivity contribution in [1.29, 1.82) is 5.26 Å². The summed E-state index contributed by atoms with van der Waals surface area (Å²) in [4.78, 5) is 27.8. The summed E-state index contributed by atoms with van der Waals surface area (Å²) in [6.07, 6.45) is 2.30. The van der Waals surface area contributed by atoms with Gasteiger partial charge in [-0.2, -0.15) is 5.26 Å². The molecule has 0 N–H and O–H groups in total. The van der Waals surface area contributed by atoms with Crippen LogP contribution in [0.1, 0.15) is 36.0 Å². The van der Waals surface area contributed by atoms with Crippen LogP contribution in [0.25, 0.3) is 0 Å². The number of likely N-dealkylation sites (tertiary alicyclic amines) is 2. The minimum Gasteiger partial charge on any atom is -0.338 e. The average molecular weight is 347 g/mol. The first-order valence-electron chi connectivity index (χ1n) is 8.42. The van der Waals surface area contributed by atoms with Crippen LogP contribution in [-0.2, 0) is 4.79 Å². The van der Waals surface area contributed by atoms with Crippen molar-refractivity contribution in [2.45, 2.75) is 31.7 Å². The maximum Gasteiger partial charge on any atom is 0.256 e. The van der Waals surface area contributed by atoms with Gasteiger partial charge in [-0.1, -0.05) is 0 Å². The zero-order valence-electron chi connectivity index (χ0n) is 13.8. The van der Waals surface area contributed by atoms with E-state index in [1.54, 1.807) is 4.90 Å². The Morgan fingerprint density at radius 3 is 2.80 bits per heavy atom. The van der Waals surface area contributed by atoms with Crippen LogP contribution in [-0.4, -0.2) is 47.3 Å². The van der Waals surface area contributed by atoms with Gasteiger partial charge in [-0.25, -0.2) is 8.78 Å². The van der Waals surface area contributed by atoms with E-state index in [4.69, 9.17) is 5.26 Å². The van der Waals surface area contributed by atoms with E-state index >= 15 is 0 Å². The maximum atomic E-state index is 13.8. The molecule has 3 rings (SSSR count). The number of halogens is 2. The number of amides is 2. The molecular formula is C18H19F2N3O2. The van der Waals surface area contributed by atoms with E-state index in [1.165, 1.54) is 4.90 Å². The van der Waals surface area contributed by atoms with Crippen LogP contribution >= 0.6 is 0 Å². The molecule has 2 aliphatic rings. The summed E-state index contributed by atoms with van der Waals surface area (Å²) in [6, 6.07) is 4.75. The quantitative estimate of drug-likeness (QED) is 0.843. The molecule has 7 heteroatoms. The highest BCUT2D eigenvalue weighted by molar-refractivity contribution is 5.94. The lowest BCUT2D eigenvalue weighted by atomic mass is 9.96. The highest BCUT2D eigenvalue weighted by Gasteiger charge is 2.39. The van der Waals surface area contributed by atoms with Gasteiger partial charge >= 0.3 is 0 Å². The van der Waals surface area contributed by atoms with Crippen LogP contribution in [0.4, 0.5) is 8.78 Å². The number of rotatable bonds is 3. The van der Waals surface area contributed by atoms with E-state index in [1.807, 2.05) is 6.07 Å². The van der Waals surface area contributed by atoms with Gasteiger partial charge in [0.1, 0.15) is 18.1 Å². The fourth-order valence-electron chi connectivity index (χ4n) is 3.88. The van der Waals surface area contributed by atoms with Crippen LogP contribution in [0.2, 0.25) is 0 Å². The molecule has 2 amide bonds. The molecule has 0 aliphatic carbocycles. The molecule has 0 radical (unpaired) electrons. The average Bonchev–Trinajstić information content (AvgIpc) is 3.25. The van der Waals surface area contributed by atoms with Gasteiger partial charge in [0.25, 0.3) is 5.91 Å². The summed E-state index contributed by atoms with van der Waals surface area (Å²) in [5.74, 6) is -1.98. The molecular weight excluding hydrogens is 328 g/mol. The number of carbonyl (C=O) groups is 2. The predicted octanol–water partition coefficient (Wildman–Crippen LogP) is 2.33. The predicted molar refractivity (Wildman–Crippen MR) is 85.3 cm³/mol. The van der Waals surface area contributed by atoms with Gasteiger partial charge in [0.2, 0.25) is 5.91 Å². The minimum atomic E-state index is -0.735. The third-order valence-corrected chi connectivity index (χ3v) is 5.06. The van der Waals surface area contributed by atoms with Crippen LogP contribution < -0.4 is 0 Å². The van der Waals surface area contributed by atoms with Crippen molar-refractivity contribution in [1.82, 2.24) is 9.80 Å². The Kier molecular flexibility index (Phi) is 4.98. The van der Waals surface area contributed by atoms with E-state index in [9.17, 15) is 18.4 Å². The fraction of sp³-hybridized carbons (Fsp3) is 0.500. The Morgan fingerprint density at radius 1 is 1.24 bits per heavy atom. The zero-order chi connectivity index (χ0) is 18.0. The topological polar surface area (TPSA) is 64.4 Å². The van der Waals surface area contributed by atoms with Gasteiger partial charge in [0.05, 0.1) is 11.6 Å². The van der Waals surface area contributed by atoms with Crippen LogP contribution in [0.3, 0.4) is 0 Å². The number of nitrogens with zero attached hydrogens (tertiary/aromatic N) is 3. The Balaban J connectivity index is 1.69. The molecule has 0 spiro atoms. The molecule has 25 heavy (non-hydrogen) atoms.